The Kier molecular flexibility index (Phi) is 7.87. The van der Waals surface area contributed by atoms with E-state index in [0.717, 1.165) is 31.3 Å². The van der Waals surface area contributed by atoms with Crippen molar-refractivity contribution in [2.75, 3.05) is 19.7 Å². The van der Waals surface area contributed by atoms with Crippen molar-refractivity contribution in [3.05, 3.63) is 0 Å². The van der Waals surface area contributed by atoms with E-state index in [0.29, 0.717) is 12.5 Å². The number of hydrogen-bond donors (Lipinski definition) is 2. The van der Waals surface area contributed by atoms with Crippen LogP contribution in [0.1, 0.15) is 58.8 Å². The van der Waals surface area contributed by atoms with Gasteiger partial charge in [-0.15, -0.1) is 0 Å². The van der Waals surface area contributed by atoms with Crippen molar-refractivity contribution in [1.82, 2.24) is 5.32 Å². The molecule has 1 fully saturated rings. The Balaban J connectivity index is 2.21. The zero-order valence-electron chi connectivity index (χ0n) is 11.8. The van der Waals surface area contributed by atoms with Gasteiger partial charge in [0, 0.05) is 6.61 Å². The first-order valence-corrected chi connectivity index (χ1v) is 7.55. The predicted molar refractivity (Wildman–Crippen MR) is 74.1 cm³/mol. The number of hydrogen-bond acceptors (Lipinski definition) is 2. The van der Waals surface area contributed by atoms with Crippen LogP contribution in [0.5, 0.6) is 0 Å². The van der Waals surface area contributed by atoms with Crippen LogP contribution < -0.4 is 5.32 Å². The highest BCUT2D eigenvalue weighted by atomic mass is 16.3. The molecule has 1 atom stereocenters. The lowest BCUT2D eigenvalue weighted by atomic mass is 9.84. The van der Waals surface area contributed by atoms with Crippen molar-refractivity contribution >= 4 is 0 Å². The molecule has 0 aromatic heterocycles. The molecule has 1 aliphatic rings. The second kappa shape index (κ2) is 8.93. The van der Waals surface area contributed by atoms with Gasteiger partial charge in [-0.3, -0.25) is 0 Å². The van der Waals surface area contributed by atoms with Crippen molar-refractivity contribution in [2.45, 2.75) is 58.8 Å². The van der Waals surface area contributed by atoms with Gasteiger partial charge >= 0.3 is 0 Å². The maximum Gasteiger partial charge on any atom is 0.0462 e. The van der Waals surface area contributed by atoms with Crippen LogP contribution in [-0.2, 0) is 0 Å². The predicted octanol–water partition coefficient (Wildman–Crippen LogP) is 3.20. The molecule has 0 amide bonds. The molecule has 1 rings (SSSR count). The Labute approximate surface area is 107 Å². The molecule has 0 radical (unpaired) electrons. The van der Waals surface area contributed by atoms with Crippen molar-refractivity contribution in [2.24, 2.45) is 17.8 Å². The maximum atomic E-state index is 9.55. The minimum atomic E-state index is 0.383. The Morgan fingerprint density at radius 2 is 1.76 bits per heavy atom. The van der Waals surface area contributed by atoms with E-state index in [9.17, 15) is 5.11 Å². The lowest BCUT2D eigenvalue weighted by Crippen LogP contribution is -2.26. The zero-order chi connectivity index (χ0) is 12.5. The van der Waals surface area contributed by atoms with E-state index in [1.165, 1.54) is 38.5 Å². The number of aliphatic hydroxyl groups excluding tert-OH is 1. The largest absolute Gasteiger partial charge is 0.396 e. The van der Waals surface area contributed by atoms with Gasteiger partial charge in [-0.1, -0.05) is 52.4 Å². The summed E-state index contributed by atoms with van der Waals surface area (Å²) in [4.78, 5) is 0. The zero-order valence-corrected chi connectivity index (χ0v) is 11.8. The van der Waals surface area contributed by atoms with E-state index in [1.54, 1.807) is 0 Å². The van der Waals surface area contributed by atoms with Crippen LogP contribution in [-0.4, -0.2) is 24.8 Å². The van der Waals surface area contributed by atoms with Gasteiger partial charge in [0.1, 0.15) is 0 Å². The molecule has 1 saturated carbocycles. The van der Waals surface area contributed by atoms with Crippen LogP contribution in [0.2, 0.25) is 0 Å². The van der Waals surface area contributed by atoms with Gasteiger partial charge < -0.3 is 10.4 Å². The van der Waals surface area contributed by atoms with E-state index in [4.69, 9.17) is 0 Å². The van der Waals surface area contributed by atoms with E-state index >= 15 is 0 Å². The van der Waals surface area contributed by atoms with Crippen molar-refractivity contribution in [3.8, 4) is 0 Å². The topological polar surface area (TPSA) is 32.3 Å². The molecular weight excluding hydrogens is 210 g/mol. The first-order chi connectivity index (χ1) is 8.24. The van der Waals surface area contributed by atoms with Crippen LogP contribution in [0.25, 0.3) is 0 Å². The third-order valence-corrected chi connectivity index (χ3v) is 4.05. The summed E-state index contributed by atoms with van der Waals surface area (Å²) in [5.74, 6) is 2.04. The summed E-state index contributed by atoms with van der Waals surface area (Å²) in [6.45, 7) is 7.03. The van der Waals surface area contributed by atoms with E-state index < -0.39 is 0 Å². The Morgan fingerprint density at radius 1 is 1.12 bits per heavy atom. The minimum absolute atomic E-state index is 0.383. The van der Waals surface area contributed by atoms with E-state index in [1.807, 2.05) is 0 Å². The average Bonchev–Trinajstić information content (AvgIpc) is 2.57. The number of rotatable bonds is 7. The fraction of sp³-hybridized carbons (Fsp3) is 1.00. The first kappa shape index (κ1) is 15.0. The summed E-state index contributed by atoms with van der Waals surface area (Å²) in [5, 5.41) is 13.0. The van der Waals surface area contributed by atoms with Crippen molar-refractivity contribution < 1.29 is 5.11 Å². The van der Waals surface area contributed by atoms with Gasteiger partial charge in [-0.05, 0) is 37.3 Å². The second-order valence-electron chi connectivity index (χ2n) is 6.08. The normalized spacial score (nSPS) is 20.5. The average molecular weight is 241 g/mol. The summed E-state index contributed by atoms with van der Waals surface area (Å²) >= 11 is 0. The quantitative estimate of drug-likeness (QED) is 0.530. The molecular formula is C15H31NO. The van der Waals surface area contributed by atoms with Crippen LogP contribution in [0.4, 0.5) is 0 Å². The fourth-order valence-corrected chi connectivity index (χ4v) is 2.94. The second-order valence-corrected chi connectivity index (χ2v) is 6.08. The molecule has 1 aliphatic carbocycles. The fourth-order valence-electron chi connectivity index (χ4n) is 2.94. The Bertz CT molecular complexity index is 174. The summed E-state index contributed by atoms with van der Waals surface area (Å²) in [6, 6.07) is 0. The van der Waals surface area contributed by atoms with Crippen molar-refractivity contribution in [1.29, 1.82) is 0 Å². The molecule has 1 unspecified atom stereocenters. The highest BCUT2D eigenvalue weighted by molar-refractivity contribution is 4.73. The van der Waals surface area contributed by atoms with Gasteiger partial charge in [-0.2, -0.15) is 0 Å². The molecule has 0 bridgehead atoms. The molecule has 2 N–H and O–H groups in total. The summed E-state index contributed by atoms with van der Waals surface area (Å²) < 4.78 is 0. The summed E-state index contributed by atoms with van der Waals surface area (Å²) in [7, 11) is 0. The first-order valence-electron chi connectivity index (χ1n) is 7.55. The molecule has 2 nitrogen and oxygen atoms in total. The molecule has 2 heteroatoms. The standard InChI is InChI=1S/C15H31NO/c1-13(2)11-16-10-9-15(12-17)14-7-5-3-4-6-8-14/h13-17H,3-12H2,1-2H3. The molecule has 102 valence electrons. The smallest absolute Gasteiger partial charge is 0.0462 e. The van der Waals surface area contributed by atoms with E-state index in [-0.39, 0.29) is 0 Å². The van der Waals surface area contributed by atoms with Crippen molar-refractivity contribution in [3.63, 3.8) is 0 Å². The maximum absolute atomic E-state index is 9.55. The highest BCUT2D eigenvalue weighted by Gasteiger charge is 2.21. The van der Waals surface area contributed by atoms with Gasteiger partial charge in [0.15, 0.2) is 0 Å². The molecule has 0 spiro atoms. The molecule has 0 aromatic carbocycles. The summed E-state index contributed by atoms with van der Waals surface area (Å²) in [5.41, 5.74) is 0. The van der Waals surface area contributed by atoms with Crippen LogP contribution >= 0.6 is 0 Å². The minimum Gasteiger partial charge on any atom is -0.396 e. The number of nitrogens with one attached hydrogen (secondary N) is 1. The third-order valence-electron chi connectivity index (χ3n) is 4.05. The van der Waals surface area contributed by atoms with Gasteiger partial charge in [0.05, 0.1) is 0 Å². The monoisotopic (exact) mass is 241 g/mol. The van der Waals surface area contributed by atoms with Crippen LogP contribution in [0.15, 0.2) is 0 Å². The lowest BCUT2D eigenvalue weighted by Gasteiger charge is -2.24. The van der Waals surface area contributed by atoms with Gasteiger partial charge in [0.2, 0.25) is 0 Å². The van der Waals surface area contributed by atoms with Crippen LogP contribution in [0, 0.1) is 17.8 Å². The molecule has 17 heavy (non-hydrogen) atoms. The highest BCUT2D eigenvalue weighted by Crippen LogP contribution is 2.30. The number of aliphatic hydroxyl groups is 1. The Morgan fingerprint density at radius 3 is 2.29 bits per heavy atom. The van der Waals surface area contributed by atoms with Crippen LogP contribution in [0.3, 0.4) is 0 Å². The van der Waals surface area contributed by atoms with Gasteiger partial charge in [0.25, 0.3) is 0 Å². The Hall–Kier alpha value is -0.0800. The molecule has 0 aromatic rings. The molecule has 0 aliphatic heterocycles. The molecule has 0 heterocycles. The van der Waals surface area contributed by atoms with E-state index in [2.05, 4.69) is 19.2 Å². The lowest BCUT2D eigenvalue weighted by molar-refractivity contribution is 0.155. The SMILES string of the molecule is CC(C)CNCCC(CO)C1CCCCCC1. The summed E-state index contributed by atoms with van der Waals surface area (Å²) in [6.07, 6.45) is 9.39. The molecule has 0 saturated heterocycles. The van der Waals surface area contributed by atoms with Gasteiger partial charge in [-0.25, -0.2) is 0 Å². The third kappa shape index (κ3) is 6.42.